The van der Waals surface area contributed by atoms with Gasteiger partial charge in [0.2, 0.25) is 0 Å². The van der Waals surface area contributed by atoms with Crippen molar-refractivity contribution in [3.05, 3.63) is 64.2 Å². The molecular formula is C15H8F3N3O3. The van der Waals surface area contributed by atoms with Gasteiger partial charge in [-0.25, -0.2) is 9.78 Å². The van der Waals surface area contributed by atoms with E-state index >= 15 is 0 Å². The molecule has 0 saturated heterocycles. The molecular weight excluding hydrogens is 327 g/mol. The van der Waals surface area contributed by atoms with Crippen LogP contribution < -0.4 is 5.56 Å². The molecule has 3 rings (SSSR count). The van der Waals surface area contributed by atoms with Gasteiger partial charge in [-0.3, -0.25) is 4.79 Å². The molecule has 0 aliphatic heterocycles. The molecule has 122 valence electrons. The van der Waals surface area contributed by atoms with Crippen LogP contribution in [-0.2, 0) is 6.18 Å². The van der Waals surface area contributed by atoms with Crippen LogP contribution in [0.3, 0.4) is 0 Å². The predicted molar refractivity (Wildman–Crippen MR) is 77.1 cm³/mol. The molecule has 9 heteroatoms. The van der Waals surface area contributed by atoms with Crippen LogP contribution in [0.15, 0.2) is 47.4 Å². The molecule has 0 amide bonds. The van der Waals surface area contributed by atoms with E-state index in [1.54, 1.807) is 12.1 Å². The summed E-state index contributed by atoms with van der Waals surface area (Å²) in [5.74, 6) is -1.58. The van der Waals surface area contributed by atoms with Crippen molar-refractivity contribution in [1.29, 1.82) is 0 Å². The quantitative estimate of drug-likeness (QED) is 0.778. The average Bonchev–Trinajstić information content (AvgIpc) is 2.54. The number of carboxylic acids is 1. The highest BCUT2D eigenvalue weighted by atomic mass is 19.4. The van der Waals surface area contributed by atoms with E-state index in [4.69, 9.17) is 0 Å². The molecule has 0 unspecified atom stereocenters. The third-order valence-corrected chi connectivity index (χ3v) is 3.30. The van der Waals surface area contributed by atoms with Crippen LogP contribution in [0, 0.1) is 0 Å². The number of rotatable bonds is 2. The highest BCUT2D eigenvalue weighted by Crippen LogP contribution is 2.28. The van der Waals surface area contributed by atoms with Gasteiger partial charge in [-0.2, -0.15) is 23.0 Å². The lowest BCUT2D eigenvalue weighted by molar-refractivity contribution is -0.137. The highest BCUT2D eigenvalue weighted by Gasteiger charge is 2.30. The monoisotopic (exact) mass is 335 g/mol. The Morgan fingerprint density at radius 3 is 2.29 bits per heavy atom. The van der Waals surface area contributed by atoms with Gasteiger partial charge in [0, 0.05) is 11.6 Å². The number of pyridine rings is 1. The SMILES string of the molecule is O=C(O)c1nn(-c2ccc(C(F)(F)F)cn2)c(=O)c2ccccc12. The fourth-order valence-electron chi connectivity index (χ4n) is 2.18. The maximum Gasteiger partial charge on any atom is 0.417 e. The molecule has 0 aliphatic rings. The molecule has 0 radical (unpaired) electrons. The van der Waals surface area contributed by atoms with Crippen molar-refractivity contribution in [2.45, 2.75) is 6.18 Å². The van der Waals surface area contributed by atoms with Crippen LogP contribution in [0.2, 0.25) is 0 Å². The summed E-state index contributed by atoms with van der Waals surface area (Å²) in [5.41, 5.74) is -2.06. The lowest BCUT2D eigenvalue weighted by atomic mass is 10.1. The lowest BCUT2D eigenvalue weighted by Crippen LogP contribution is -2.25. The van der Waals surface area contributed by atoms with E-state index in [1.165, 1.54) is 12.1 Å². The molecule has 2 heterocycles. The zero-order valence-corrected chi connectivity index (χ0v) is 11.8. The first-order chi connectivity index (χ1) is 11.3. The van der Waals surface area contributed by atoms with Crippen molar-refractivity contribution >= 4 is 16.7 Å². The molecule has 0 bridgehead atoms. The van der Waals surface area contributed by atoms with Gasteiger partial charge < -0.3 is 5.11 Å². The lowest BCUT2D eigenvalue weighted by Gasteiger charge is -2.09. The van der Waals surface area contributed by atoms with Gasteiger partial charge in [0.1, 0.15) is 0 Å². The fourth-order valence-corrected chi connectivity index (χ4v) is 2.18. The predicted octanol–water partition coefficient (Wildman–Crippen LogP) is 2.50. The number of halogens is 3. The topological polar surface area (TPSA) is 85.1 Å². The van der Waals surface area contributed by atoms with Gasteiger partial charge in [-0.05, 0) is 18.2 Å². The summed E-state index contributed by atoms with van der Waals surface area (Å²) >= 11 is 0. The Balaban J connectivity index is 2.25. The van der Waals surface area contributed by atoms with Crippen molar-refractivity contribution < 1.29 is 23.1 Å². The molecule has 1 aromatic carbocycles. The number of carbonyl (C=O) groups is 1. The number of aromatic carboxylic acids is 1. The van der Waals surface area contributed by atoms with Crippen molar-refractivity contribution in [2.24, 2.45) is 0 Å². The second kappa shape index (κ2) is 5.44. The van der Waals surface area contributed by atoms with Crippen molar-refractivity contribution in [3.63, 3.8) is 0 Å². The Labute approximate surface area is 131 Å². The Morgan fingerprint density at radius 2 is 1.75 bits per heavy atom. The largest absolute Gasteiger partial charge is 0.476 e. The number of carboxylic acid groups (broad SMARTS) is 1. The standard InChI is InChI=1S/C15H8F3N3O3/c16-15(17,18)8-5-6-11(19-7-8)21-13(22)10-4-2-1-3-9(10)12(20-21)14(23)24/h1-7H,(H,23,24). The summed E-state index contributed by atoms with van der Waals surface area (Å²) in [6.07, 6.45) is -4.02. The Bertz CT molecular complexity index is 995. The van der Waals surface area contributed by atoms with Gasteiger partial charge in [-0.1, -0.05) is 18.2 Å². The van der Waals surface area contributed by atoms with Crippen molar-refractivity contribution in [2.75, 3.05) is 0 Å². The first-order valence-corrected chi connectivity index (χ1v) is 6.58. The molecule has 0 atom stereocenters. The minimum atomic E-state index is -4.57. The number of nitrogens with zero attached hydrogens (tertiary/aromatic N) is 3. The number of benzene rings is 1. The van der Waals surface area contributed by atoms with Gasteiger partial charge in [0.15, 0.2) is 11.5 Å². The number of hydrogen-bond donors (Lipinski definition) is 1. The van der Waals surface area contributed by atoms with Gasteiger partial charge in [0.25, 0.3) is 5.56 Å². The molecule has 3 aromatic rings. The van der Waals surface area contributed by atoms with E-state index in [-0.39, 0.29) is 16.6 Å². The molecule has 6 nitrogen and oxygen atoms in total. The van der Waals surface area contributed by atoms with Crippen LogP contribution >= 0.6 is 0 Å². The van der Waals surface area contributed by atoms with Gasteiger partial charge in [-0.15, -0.1) is 0 Å². The Hall–Kier alpha value is -3.23. The highest BCUT2D eigenvalue weighted by molar-refractivity contribution is 6.01. The maximum atomic E-state index is 12.6. The third-order valence-electron chi connectivity index (χ3n) is 3.30. The van der Waals surface area contributed by atoms with Crippen LogP contribution in [0.1, 0.15) is 16.1 Å². The van der Waals surface area contributed by atoms with Gasteiger partial charge >= 0.3 is 12.1 Å². The summed E-state index contributed by atoms with van der Waals surface area (Å²) in [4.78, 5) is 27.4. The van der Waals surface area contributed by atoms with E-state index in [9.17, 15) is 27.9 Å². The van der Waals surface area contributed by atoms with E-state index in [0.29, 0.717) is 10.9 Å². The first-order valence-electron chi connectivity index (χ1n) is 6.58. The minimum Gasteiger partial charge on any atom is -0.476 e. The minimum absolute atomic E-state index is 0.0756. The molecule has 2 aromatic heterocycles. The fraction of sp³-hybridized carbons (Fsp3) is 0.0667. The summed E-state index contributed by atoms with van der Waals surface area (Å²) in [5, 5.41) is 13.2. The third kappa shape index (κ3) is 2.60. The van der Waals surface area contributed by atoms with E-state index in [1.807, 2.05) is 0 Å². The van der Waals surface area contributed by atoms with Crippen LogP contribution in [0.4, 0.5) is 13.2 Å². The van der Waals surface area contributed by atoms with Crippen LogP contribution in [0.25, 0.3) is 16.6 Å². The maximum absolute atomic E-state index is 12.6. The summed E-state index contributed by atoms with van der Waals surface area (Å²) in [6.45, 7) is 0. The number of alkyl halides is 3. The average molecular weight is 335 g/mol. The molecule has 1 N–H and O–H groups in total. The Morgan fingerprint density at radius 1 is 1.08 bits per heavy atom. The molecule has 24 heavy (non-hydrogen) atoms. The summed E-state index contributed by atoms with van der Waals surface area (Å²) < 4.78 is 38.4. The number of fused-ring (bicyclic) bond motifs is 1. The Kier molecular flexibility index (Phi) is 3.55. The second-order valence-electron chi connectivity index (χ2n) is 4.82. The van der Waals surface area contributed by atoms with E-state index in [0.717, 1.165) is 12.1 Å². The number of aromatic nitrogens is 3. The number of hydrogen-bond acceptors (Lipinski definition) is 4. The molecule has 0 spiro atoms. The molecule has 0 aliphatic carbocycles. The molecule has 0 saturated carbocycles. The first kappa shape index (κ1) is 15.7. The summed E-state index contributed by atoms with van der Waals surface area (Å²) in [7, 11) is 0. The normalized spacial score (nSPS) is 11.6. The zero-order chi connectivity index (χ0) is 17.5. The van der Waals surface area contributed by atoms with Crippen LogP contribution in [0.5, 0.6) is 0 Å². The van der Waals surface area contributed by atoms with E-state index < -0.39 is 29.0 Å². The zero-order valence-electron chi connectivity index (χ0n) is 11.8. The van der Waals surface area contributed by atoms with Crippen molar-refractivity contribution in [3.8, 4) is 5.82 Å². The van der Waals surface area contributed by atoms with Crippen molar-refractivity contribution in [1.82, 2.24) is 14.8 Å². The second-order valence-corrected chi connectivity index (χ2v) is 4.82. The van der Waals surface area contributed by atoms with Crippen LogP contribution in [-0.4, -0.2) is 25.8 Å². The summed E-state index contributed by atoms with van der Waals surface area (Å²) in [6, 6.07) is 7.63. The van der Waals surface area contributed by atoms with Gasteiger partial charge in [0.05, 0.1) is 10.9 Å². The smallest absolute Gasteiger partial charge is 0.417 e. The van der Waals surface area contributed by atoms with E-state index in [2.05, 4.69) is 10.1 Å². The molecule has 0 fully saturated rings.